The Kier molecular flexibility index (Phi) is 5.29. The molecule has 0 saturated heterocycles. The molecule has 0 N–H and O–H groups in total. The van der Waals surface area contributed by atoms with Crippen LogP contribution in [0.25, 0.3) is 0 Å². The van der Waals surface area contributed by atoms with Crippen LogP contribution in [-0.2, 0) is 27.8 Å². The van der Waals surface area contributed by atoms with Crippen molar-refractivity contribution in [3.05, 3.63) is 75.6 Å². The minimum absolute atomic E-state index is 0.0236. The fraction of sp³-hybridized carbons (Fsp3) is 0.238. The quantitative estimate of drug-likeness (QED) is 0.549. The summed E-state index contributed by atoms with van der Waals surface area (Å²) >= 11 is 6.21. The first kappa shape index (κ1) is 20.4. The Hall–Kier alpha value is -2.84. The van der Waals surface area contributed by atoms with Gasteiger partial charge in [-0.25, -0.2) is 13.2 Å². The number of hydrogen-bond acceptors (Lipinski definition) is 6. The molecule has 0 bridgehead atoms. The fourth-order valence-corrected chi connectivity index (χ4v) is 5.44. The number of aromatic nitrogens is 1. The van der Waals surface area contributed by atoms with E-state index in [1.54, 1.807) is 26.0 Å². The summed E-state index contributed by atoms with van der Waals surface area (Å²) in [7, 11) is -3.94. The molecule has 0 saturated carbocycles. The van der Waals surface area contributed by atoms with Crippen LogP contribution in [0.5, 0.6) is 0 Å². The van der Waals surface area contributed by atoms with Crippen LogP contribution < -0.4 is 4.31 Å². The van der Waals surface area contributed by atoms with Crippen molar-refractivity contribution in [2.75, 3.05) is 10.8 Å². The van der Waals surface area contributed by atoms with Crippen molar-refractivity contribution < 1.29 is 22.5 Å². The van der Waals surface area contributed by atoms with E-state index in [2.05, 4.69) is 5.16 Å². The summed E-state index contributed by atoms with van der Waals surface area (Å²) in [6.45, 7) is 3.77. The number of sulfonamides is 1. The van der Waals surface area contributed by atoms with Crippen molar-refractivity contribution in [3.63, 3.8) is 0 Å². The Morgan fingerprint density at radius 2 is 2.00 bits per heavy atom. The van der Waals surface area contributed by atoms with Gasteiger partial charge < -0.3 is 9.26 Å². The minimum Gasteiger partial charge on any atom is -0.457 e. The molecule has 1 aromatic heterocycles. The molecule has 0 spiro atoms. The number of carbonyl (C=O) groups is 1. The maximum atomic E-state index is 13.3. The highest BCUT2D eigenvalue weighted by Crippen LogP contribution is 2.35. The van der Waals surface area contributed by atoms with Crippen molar-refractivity contribution in [2.24, 2.45) is 0 Å². The van der Waals surface area contributed by atoms with Crippen molar-refractivity contribution in [3.8, 4) is 0 Å². The number of esters is 1. The van der Waals surface area contributed by atoms with E-state index in [1.807, 2.05) is 12.1 Å². The summed E-state index contributed by atoms with van der Waals surface area (Å²) in [5, 5.41) is 3.86. The first-order valence-electron chi connectivity index (χ1n) is 9.28. The van der Waals surface area contributed by atoms with Crippen LogP contribution in [0.2, 0.25) is 5.02 Å². The molecule has 9 heteroatoms. The Morgan fingerprint density at radius 3 is 2.73 bits per heavy atom. The molecule has 3 aromatic rings. The highest BCUT2D eigenvalue weighted by atomic mass is 35.5. The van der Waals surface area contributed by atoms with Crippen molar-refractivity contribution >= 4 is 33.3 Å². The summed E-state index contributed by atoms with van der Waals surface area (Å²) in [6.07, 6.45) is 0.617. The van der Waals surface area contributed by atoms with Crippen LogP contribution in [0.15, 0.2) is 51.9 Å². The highest BCUT2D eigenvalue weighted by molar-refractivity contribution is 7.93. The van der Waals surface area contributed by atoms with Crippen LogP contribution in [-0.4, -0.2) is 26.1 Å². The molecule has 1 aliphatic rings. The molecule has 2 heterocycles. The average molecular weight is 447 g/mol. The predicted molar refractivity (Wildman–Crippen MR) is 111 cm³/mol. The number of para-hydroxylation sites is 1. The molecule has 1 aliphatic heterocycles. The van der Waals surface area contributed by atoms with E-state index in [0.29, 0.717) is 35.7 Å². The normalized spacial score (nSPS) is 13.4. The monoisotopic (exact) mass is 446 g/mol. The lowest BCUT2D eigenvalue weighted by Crippen LogP contribution is -2.29. The molecule has 4 rings (SSSR count). The summed E-state index contributed by atoms with van der Waals surface area (Å²) in [5.41, 5.74) is 2.98. The van der Waals surface area contributed by atoms with E-state index < -0.39 is 16.0 Å². The van der Waals surface area contributed by atoms with Crippen molar-refractivity contribution in [1.29, 1.82) is 0 Å². The van der Waals surface area contributed by atoms with Gasteiger partial charge in [0.1, 0.15) is 17.3 Å². The van der Waals surface area contributed by atoms with Gasteiger partial charge in [0, 0.05) is 6.54 Å². The molecule has 30 heavy (non-hydrogen) atoms. The number of fused-ring (bicyclic) bond motifs is 1. The molecule has 2 aromatic carbocycles. The molecule has 0 aliphatic carbocycles. The molecular weight excluding hydrogens is 428 g/mol. The third kappa shape index (κ3) is 3.57. The number of halogens is 1. The summed E-state index contributed by atoms with van der Waals surface area (Å²) in [5.74, 6) is -0.0997. The second kappa shape index (κ2) is 7.77. The lowest BCUT2D eigenvalue weighted by molar-refractivity contribution is 0.0470. The third-order valence-electron chi connectivity index (χ3n) is 5.11. The highest BCUT2D eigenvalue weighted by Gasteiger charge is 2.32. The van der Waals surface area contributed by atoms with Gasteiger partial charge in [0.15, 0.2) is 0 Å². The summed E-state index contributed by atoms with van der Waals surface area (Å²) < 4.78 is 38.3. The zero-order valence-electron chi connectivity index (χ0n) is 16.4. The van der Waals surface area contributed by atoms with Crippen molar-refractivity contribution in [1.82, 2.24) is 5.16 Å². The SMILES string of the molecule is Cc1noc(C)c1COC(=O)c1ccc(Cl)c(S(=O)(=O)N2CCc3ccccc32)c1. The smallest absolute Gasteiger partial charge is 0.338 e. The molecular formula is C21H19ClN2O5S. The molecule has 7 nitrogen and oxygen atoms in total. The van der Waals surface area contributed by atoms with Gasteiger partial charge in [0.2, 0.25) is 0 Å². The zero-order valence-corrected chi connectivity index (χ0v) is 18.0. The molecule has 0 amide bonds. The van der Waals surface area contributed by atoms with E-state index in [-0.39, 0.29) is 22.1 Å². The standard InChI is InChI=1S/C21H19ClN2O5S/c1-13-17(14(2)29-23-13)12-28-21(25)16-7-8-18(22)20(11-16)30(26,27)24-10-9-15-5-3-4-6-19(15)24/h3-8,11H,9-10,12H2,1-2H3. The molecule has 0 radical (unpaired) electrons. The number of aryl methyl sites for hydroxylation is 2. The number of anilines is 1. The van der Waals surface area contributed by atoms with Gasteiger partial charge in [-0.1, -0.05) is 35.0 Å². The van der Waals surface area contributed by atoms with Crippen LogP contribution in [0, 0.1) is 13.8 Å². The van der Waals surface area contributed by atoms with Gasteiger partial charge in [-0.15, -0.1) is 0 Å². The second-order valence-electron chi connectivity index (χ2n) is 6.98. The third-order valence-corrected chi connectivity index (χ3v) is 7.40. The van der Waals surface area contributed by atoms with Gasteiger partial charge in [-0.3, -0.25) is 4.31 Å². The lowest BCUT2D eigenvalue weighted by atomic mass is 10.2. The lowest BCUT2D eigenvalue weighted by Gasteiger charge is -2.20. The van der Waals surface area contributed by atoms with Gasteiger partial charge in [0.05, 0.1) is 27.5 Å². The zero-order chi connectivity index (χ0) is 21.5. The van der Waals surface area contributed by atoms with Crippen molar-refractivity contribution in [2.45, 2.75) is 31.8 Å². The van der Waals surface area contributed by atoms with Gasteiger partial charge in [-0.2, -0.15) is 0 Å². The number of benzene rings is 2. The number of hydrogen-bond donors (Lipinski definition) is 0. The Balaban J connectivity index is 1.61. The van der Waals surface area contributed by atoms with Crippen LogP contribution in [0.1, 0.15) is 32.9 Å². The Bertz CT molecular complexity index is 1220. The Morgan fingerprint density at radius 1 is 1.23 bits per heavy atom. The number of nitrogens with zero attached hydrogens (tertiary/aromatic N) is 2. The largest absolute Gasteiger partial charge is 0.457 e. The van der Waals surface area contributed by atoms with E-state index in [9.17, 15) is 13.2 Å². The molecule has 0 atom stereocenters. The summed E-state index contributed by atoms with van der Waals surface area (Å²) in [4.78, 5) is 12.4. The average Bonchev–Trinajstić information content (AvgIpc) is 3.30. The van der Waals surface area contributed by atoms with E-state index in [4.69, 9.17) is 20.9 Å². The van der Waals surface area contributed by atoms with Gasteiger partial charge >= 0.3 is 5.97 Å². The molecule has 0 fully saturated rings. The number of carbonyl (C=O) groups excluding carboxylic acids is 1. The van der Waals surface area contributed by atoms with E-state index in [1.165, 1.54) is 22.5 Å². The van der Waals surface area contributed by atoms with E-state index >= 15 is 0 Å². The summed E-state index contributed by atoms with van der Waals surface area (Å²) in [6, 6.07) is 11.4. The van der Waals surface area contributed by atoms with Gasteiger partial charge in [0.25, 0.3) is 10.0 Å². The van der Waals surface area contributed by atoms with Gasteiger partial charge in [-0.05, 0) is 50.1 Å². The first-order valence-corrected chi connectivity index (χ1v) is 11.1. The van der Waals surface area contributed by atoms with Crippen LogP contribution >= 0.6 is 11.6 Å². The van der Waals surface area contributed by atoms with E-state index in [0.717, 1.165) is 5.56 Å². The molecule has 156 valence electrons. The first-order chi connectivity index (χ1) is 14.3. The maximum absolute atomic E-state index is 13.3. The maximum Gasteiger partial charge on any atom is 0.338 e. The number of ether oxygens (including phenoxy) is 1. The minimum atomic E-state index is -3.94. The molecule has 0 unspecified atom stereocenters. The fourth-order valence-electron chi connectivity index (χ4n) is 3.43. The topological polar surface area (TPSA) is 89.7 Å². The van der Waals surface area contributed by atoms with Crippen LogP contribution in [0.4, 0.5) is 5.69 Å². The Labute approximate surface area is 179 Å². The second-order valence-corrected chi connectivity index (χ2v) is 9.22. The van der Waals surface area contributed by atoms with Crippen LogP contribution in [0.3, 0.4) is 0 Å². The predicted octanol–water partition coefficient (Wildman–Crippen LogP) is 4.05. The number of rotatable bonds is 5.